The van der Waals surface area contributed by atoms with Crippen LogP contribution in [0.25, 0.3) is 0 Å². The number of hydrogen-bond donors (Lipinski definition) is 4. The van der Waals surface area contributed by atoms with Crippen LogP contribution in [-0.4, -0.2) is 90.6 Å². The van der Waals surface area contributed by atoms with Crippen molar-refractivity contribution in [3.8, 4) is 0 Å². The number of hydrogen-bond acceptors (Lipinski definition) is 11. The van der Waals surface area contributed by atoms with E-state index >= 15 is 0 Å². The molecule has 13 nitrogen and oxygen atoms in total. The fourth-order valence-corrected chi connectivity index (χ4v) is 6.81. The van der Waals surface area contributed by atoms with Crippen molar-refractivity contribution in [3.05, 3.63) is 65.4 Å². The Morgan fingerprint density at radius 2 is 1.60 bits per heavy atom. The van der Waals surface area contributed by atoms with E-state index < -0.39 is 51.8 Å². The summed E-state index contributed by atoms with van der Waals surface area (Å²) in [6.45, 7) is 4.25. The molecule has 0 bridgehead atoms. The van der Waals surface area contributed by atoms with Crippen molar-refractivity contribution in [1.82, 2.24) is 19.7 Å². The molecule has 0 aliphatic carbocycles. The minimum atomic E-state index is -5.77. The maximum absolute atomic E-state index is 13.2. The first kappa shape index (κ1) is 40.8. The average Bonchev–Trinajstić information content (AvgIpc) is 3.12. The molecule has 1 atom stereocenters. The van der Waals surface area contributed by atoms with Crippen LogP contribution in [0.4, 0.5) is 48.2 Å². The molecule has 4 N–H and O–H groups in total. The monoisotopic (exact) mass is 777 g/mol. The first-order valence-electron chi connectivity index (χ1n) is 16.1. The van der Waals surface area contributed by atoms with Crippen molar-refractivity contribution >= 4 is 45.0 Å². The van der Waals surface area contributed by atoms with Crippen LogP contribution < -0.4 is 20.3 Å². The molecule has 53 heavy (non-hydrogen) atoms. The van der Waals surface area contributed by atoms with Crippen LogP contribution in [-0.2, 0) is 37.2 Å². The molecule has 288 valence electrons. The number of carbonyl (C=O) groups is 3. The van der Waals surface area contributed by atoms with Crippen LogP contribution in [0.2, 0.25) is 0 Å². The van der Waals surface area contributed by atoms with Crippen molar-refractivity contribution in [2.24, 2.45) is 0 Å². The van der Waals surface area contributed by atoms with Gasteiger partial charge in [-0.2, -0.15) is 31.1 Å². The molecular weight excluding hydrogens is 743 g/mol. The highest BCUT2D eigenvalue weighted by molar-refractivity contribution is 7.89. The van der Waals surface area contributed by atoms with Crippen LogP contribution in [0.5, 0.6) is 0 Å². The number of pyridine rings is 1. The number of carboxylic acids is 1. The molecule has 1 fully saturated rings. The van der Waals surface area contributed by atoms with Crippen molar-refractivity contribution in [2.75, 3.05) is 41.7 Å². The fourth-order valence-electron chi connectivity index (χ4n) is 5.62. The first-order valence-corrected chi connectivity index (χ1v) is 17.6. The summed E-state index contributed by atoms with van der Waals surface area (Å²) in [4.78, 5) is 46.9. The van der Waals surface area contributed by atoms with Crippen LogP contribution >= 0.6 is 0 Å². The van der Waals surface area contributed by atoms with E-state index in [4.69, 9.17) is 4.98 Å². The van der Waals surface area contributed by atoms with E-state index in [2.05, 4.69) is 42.4 Å². The number of carboxylic acid groups (broad SMARTS) is 1. The maximum atomic E-state index is 13.2. The third-order valence-electron chi connectivity index (χ3n) is 8.32. The van der Waals surface area contributed by atoms with Gasteiger partial charge in [0.25, 0.3) is 0 Å². The average molecular weight is 778 g/mol. The van der Waals surface area contributed by atoms with Crippen LogP contribution in [0, 0.1) is 5.82 Å². The van der Waals surface area contributed by atoms with E-state index in [9.17, 15) is 58.6 Å². The van der Waals surface area contributed by atoms with E-state index in [-0.39, 0.29) is 11.4 Å². The van der Waals surface area contributed by atoms with Crippen molar-refractivity contribution < 1.29 is 58.6 Å². The normalized spacial score (nSPS) is 15.7. The summed E-state index contributed by atoms with van der Waals surface area (Å²) < 4.78 is 108. The number of rotatable bonds is 11. The van der Waals surface area contributed by atoms with Gasteiger partial charge in [-0.1, -0.05) is 13.0 Å². The van der Waals surface area contributed by atoms with Crippen molar-refractivity contribution in [1.29, 1.82) is 0 Å². The van der Waals surface area contributed by atoms with Gasteiger partial charge in [0.1, 0.15) is 35.6 Å². The maximum Gasteiger partial charge on any atom is 0.458 e. The summed E-state index contributed by atoms with van der Waals surface area (Å²) in [6.07, 6.45) is -5.48. The predicted octanol–water partition coefficient (Wildman–Crippen LogP) is 4.41. The number of alkyl halides is 6. The number of nitrogens with one attached hydrogen (secondary N) is 3. The molecule has 2 aromatic heterocycles. The van der Waals surface area contributed by atoms with Crippen molar-refractivity contribution in [2.45, 2.75) is 68.2 Å². The SMILES string of the molecule is CCc1c(NC[C@H](NS(=O)(=O)c2ccc(F)cc2)C(=O)O)ncnc1N1CCC(c2ccc3c(n2)NCCC3)CC1.O=C(C(=O)C(F)(F)F)C(F)(F)F. The van der Waals surface area contributed by atoms with Gasteiger partial charge in [-0.05, 0) is 68.0 Å². The zero-order valence-electron chi connectivity index (χ0n) is 27.9. The molecule has 0 radical (unpaired) electrons. The Kier molecular flexibility index (Phi) is 13.0. The number of aromatic nitrogens is 3. The number of nitrogens with zero attached hydrogens (tertiary/aromatic N) is 4. The number of piperidine rings is 1. The van der Waals surface area contributed by atoms with E-state index in [0.29, 0.717) is 18.2 Å². The molecule has 0 unspecified atom stereocenters. The number of Topliss-reactive ketones (excluding diaryl/α,β-unsaturated/α-hetero) is 2. The summed E-state index contributed by atoms with van der Waals surface area (Å²) in [5, 5.41) is 16.1. The first-order chi connectivity index (χ1) is 24.8. The van der Waals surface area contributed by atoms with Crippen LogP contribution in [0.3, 0.4) is 0 Å². The third-order valence-corrected chi connectivity index (χ3v) is 9.81. The Hall–Kier alpha value is -4.92. The smallest absolute Gasteiger partial charge is 0.458 e. The number of halogens is 7. The van der Waals surface area contributed by atoms with Gasteiger partial charge in [0.05, 0.1) is 4.90 Å². The Bertz CT molecular complexity index is 1880. The molecular formula is C32H34F7N7O6S. The summed E-state index contributed by atoms with van der Waals surface area (Å²) in [6, 6.07) is 7.03. The second-order valence-electron chi connectivity index (χ2n) is 11.9. The van der Waals surface area contributed by atoms with Crippen LogP contribution in [0.1, 0.15) is 48.9 Å². The summed E-state index contributed by atoms with van der Waals surface area (Å²) in [7, 11) is -4.19. The standard InChI is InChI=1S/C28H34FN7O4S.C4F6O2/c1-2-22-26(31-16-24(28(37)38)35-41(39,40)21-8-6-20(29)7-9-21)32-17-33-27(22)36-14-11-18(12-15-36)23-10-5-19-4-3-13-30-25(19)34-23;5-3(6,7)1(11)2(12)4(8,9)10/h5-10,17-18,24,35H,2-4,11-16H2,1H3,(H,30,34)(H,37,38)(H,31,32,33);/t24-;/m0./s1. The van der Waals surface area contributed by atoms with Gasteiger partial charge < -0.3 is 20.6 Å². The molecule has 21 heteroatoms. The Morgan fingerprint density at radius 3 is 2.17 bits per heavy atom. The Balaban J connectivity index is 0.000000450. The topological polar surface area (TPSA) is 184 Å². The molecule has 0 spiro atoms. The van der Waals surface area contributed by atoms with Gasteiger partial charge in [-0.25, -0.2) is 27.8 Å². The zero-order chi connectivity index (χ0) is 39.1. The number of anilines is 3. The molecule has 1 saturated heterocycles. The van der Waals surface area contributed by atoms with Gasteiger partial charge in [0, 0.05) is 43.4 Å². The van der Waals surface area contributed by atoms with E-state index in [1.54, 1.807) is 0 Å². The lowest BCUT2D eigenvalue weighted by Gasteiger charge is -2.34. The number of fused-ring (bicyclic) bond motifs is 1. The molecule has 5 rings (SSSR count). The second kappa shape index (κ2) is 16.8. The van der Waals surface area contributed by atoms with Gasteiger partial charge >= 0.3 is 29.9 Å². The second-order valence-corrected chi connectivity index (χ2v) is 13.6. The molecule has 0 amide bonds. The van der Waals surface area contributed by atoms with E-state index in [1.165, 1.54) is 11.9 Å². The van der Waals surface area contributed by atoms with Gasteiger partial charge in [0.2, 0.25) is 10.0 Å². The highest BCUT2D eigenvalue weighted by Gasteiger charge is 2.54. The molecule has 2 aliphatic heterocycles. The van der Waals surface area contributed by atoms with Gasteiger partial charge in [-0.3, -0.25) is 14.4 Å². The summed E-state index contributed by atoms with van der Waals surface area (Å²) >= 11 is 0. The third kappa shape index (κ3) is 10.6. The van der Waals surface area contributed by atoms with Gasteiger partial charge in [-0.15, -0.1) is 0 Å². The minimum absolute atomic E-state index is 0.228. The summed E-state index contributed by atoms with van der Waals surface area (Å²) in [5.41, 5.74) is 3.22. The number of aliphatic carboxylic acids is 1. The Morgan fingerprint density at radius 1 is 0.981 bits per heavy atom. The number of aryl methyl sites for hydroxylation is 1. The largest absolute Gasteiger partial charge is 0.480 e. The molecule has 2 aliphatic rings. The minimum Gasteiger partial charge on any atom is -0.480 e. The lowest BCUT2D eigenvalue weighted by molar-refractivity contribution is -0.193. The van der Waals surface area contributed by atoms with Crippen LogP contribution in [0.15, 0.2) is 47.6 Å². The van der Waals surface area contributed by atoms with E-state index in [1.807, 2.05) is 6.92 Å². The quantitative estimate of drug-likeness (QED) is 0.159. The lowest BCUT2D eigenvalue weighted by Crippen LogP contribution is -2.45. The Labute approximate surface area is 298 Å². The molecule has 3 aromatic rings. The van der Waals surface area contributed by atoms with Gasteiger partial charge in [0.15, 0.2) is 0 Å². The highest BCUT2D eigenvalue weighted by Crippen LogP contribution is 2.33. The van der Waals surface area contributed by atoms with Crippen molar-refractivity contribution in [3.63, 3.8) is 0 Å². The summed E-state index contributed by atoms with van der Waals surface area (Å²) in [5.74, 6) is -6.17. The number of carbonyl (C=O) groups excluding carboxylic acids is 2. The number of ketones is 2. The lowest BCUT2D eigenvalue weighted by atomic mass is 9.92. The van der Waals surface area contributed by atoms with E-state index in [0.717, 1.165) is 92.5 Å². The fraction of sp³-hybridized carbons (Fsp3) is 0.438. The highest BCUT2D eigenvalue weighted by atomic mass is 32.2. The zero-order valence-corrected chi connectivity index (χ0v) is 28.7. The molecule has 1 aromatic carbocycles. The number of sulfonamides is 1. The number of benzene rings is 1. The molecule has 4 heterocycles. The molecule has 0 saturated carbocycles. The predicted molar refractivity (Wildman–Crippen MR) is 175 cm³/mol.